The van der Waals surface area contributed by atoms with Crippen molar-refractivity contribution in [1.29, 1.82) is 0 Å². The van der Waals surface area contributed by atoms with Crippen molar-refractivity contribution in [2.45, 2.75) is 44.6 Å². The van der Waals surface area contributed by atoms with Crippen molar-refractivity contribution >= 4 is 15.8 Å². The van der Waals surface area contributed by atoms with Gasteiger partial charge in [-0.15, -0.1) is 0 Å². The predicted molar refractivity (Wildman–Crippen MR) is 86.2 cm³/mol. The van der Waals surface area contributed by atoms with Gasteiger partial charge in [0.15, 0.2) is 5.78 Å². The standard InChI is InChI=1S/C16H24N2O3S/c1-4-14(19)12-6-5-7-13(10-12)22(20,21)18-9-8-15(17)16(2,3)11-18/h5-7,10,15H,4,8-9,11,17H2,1-3H3. The molecular weight excluding hydrogens is 300 g/mol. The number of carbonyl (C=O) groups excluding carboxylic acids is 1. The molecule has 1 heterocycles. The topological polar surface area (TPSA) is 80.5 Å². The zero-order valence-electron chi connectivity index (χ0n) is 13.4. The fraction of sp³-hybridized carbons (Fsp3) is 0.562. The maximum atomic E-state index is 12.8. The van der Waals surface area contributed by atoms with Gasteiger partial charge in [-0.3, -0.25) is 4.79 Å². The van der Waals surface area contributed by atoms with Gasteiger partial charge in [0.25, 0.3) is 0 Å². The van der Waals surface area contributed by atoms with Gasteiger partial charge in [0.1, 0.15) is 0 Å². The summed E-state index contributed by atoms with van der Waals surface area (Å²) >= 11 is 0. The van der Waals surface area contributed by atoms with E-state index in [-0.39, 0.29) is 22.1 Å². The van der Waals surface area contributed by atoms with Crippen LogP contribution >= 0.6 is 0 Å². The number of Topliss-reactive ketones (excluding diaryl/α,β-unsaturated/α-hetero) is 1. The molecule has 1 aliphatic heterocycles. The SMILES string of the molecule is CCC(=O)c1cccc(S(=O)(=O)N2CCC(N)C(C)(C)C2)c1. The first-order valence-corrected chi connectivity index (χ1v) is 9.01. The van der Waals surface area contributed by atoms with Crippen LogP contribution in [-0.4, -0.2) is 37.6 Å². The lowest BCUT2D eigenvalue weighted by Crippen LogP contribution is -2.53. The molecular formula is C16H24N2O3S. The lowest BCUT2D eigenvalue weighted by atomic mass is 9.81. The average Bonchev–Trinajstić information content (AvgIpc) is 2.49. The Morgan fingerprint density at radius 3 is 2.68 bits per heavy atom. The Bertz CT molecular complexity index is 668. The zero-order chi connectivity index (χ0) is 16.5. The van der Waals surface area contributed by atoms with E-state index in [1.165, 1.54) is 10.4 Å². The van der Waals surface area contributed by atoms with Crippen molar-refractivity contribution < 1.29 is 13.2 Å². The molecule has 1 fully saturated rings. The van der Waals surface area contributed by atoms with Crippen molar-refractivity contribution in [2.24, 2.45) is 11.1 Å². The minimum absolute atomic E-state index is 0.00745. The summed E-state index contributed by atoms with van der Waals surface area (Å²) in [5, 5.41) is 0. The molecule has 6 heteroatoms. The van der Waals surface area contributed by atoms with Crippen LogP contribution in [0.2, 0.25) is 0 Å². The Labute approximate surface area is 132 Å². The smallest absolute Gasteiger partial charge is 0.243 e. The van der Waals surface area contributed by atoms with Gasteiger partial charge >= 0.3 is 0 Å². The summed E-state index contributed by atoms with van der Waals surface area (Å²) in [5.41, 5.74) is 6.25. The highest BCUT2D eigenvalue weighted by Crippen LogP contribution is 2.31. The summed E-state index contributed by atoms with van der Waals surface area (Å²) in [7, 11) is -3.60. The fourth-order valence-corrected chi connectivity index (χ4v) is 4.39. The molecule has 1 aliphatic rings. The van der Waals surface area contributed by atoms with Gasteiger partial charge < -0.3 is 5.73 Å². The Hall–Kier alpha value is -1.24. The number of piperidine rings is 1. The highest BCUT2D eigenvalue weighted by molar-refractivity contribution is 7.89. The second-order valence-corrected chi connectivity index (χ2v) is 8.46. The van der Waals surface area contributed by atoms with Gasteiger partial charge in [0.2, 0.25) is 10.0 Å². The minimum atomic E-state index is -3.60. The van der Waals surface area contributed by atoms with Crippen LogP contribution in [0.4, 0.5) is 0 Å². The number of sulfonamides is 1. The molecule has 1 aromatic carbocycles. The van der Waals surface area contributed by atoms with Crippen LogP contribution < -0.4 is 5.73 Å². The maximum Gasteiger partial charge on any atom is 0.243 e. The number of nitrogens with zero attached hydrogens (tertiary/aromatic N) is 1. The molecule has 0 aliphatic carbocycles. The minimum Gasteiger partial charge on any atom is -0.327 e. The van der Waals surface area contributed by atoms with Gasteiger partial charge in [0, 0.05) is 31.1 Å². The predicted octanol–water partition coefficient (Wildman–Crippen LogP) is 2.03. The molecule has 2 rings (SSSR count). The van der Waals surface area contributed by atoms with E-state index in [0.717, 1.165) is 0 Å². The van der Waals surface area contributed by atoms with Gasteiger partial charge in [-0.25, -0.2) is 8.42 Å². The Morgan fingerprint density at radius 2 is 2.09 bits per heavy atom. The number of benzene rings is 1. The van der Waals surface area contributed by atoms with Crippen LogP contribution in [0.1, 0.15) is 44.0 Å². The van der Waals surface area contributed by atoms with Gasteiger partial charge in [0.05, 0.1) is 4.90 Å². The largest absolute Gasteiger partial charge is 0.327 e. The van der Waals surface area contributed by atoms with Crippen molar-refractivity contribution in [2.75, 3.05) is 13.1 Å². The molecule has 1 aromatic rings. The third-order valence-electron chi connectivity index (χ3n) is 4.39. The molecule has 1 atom stereocenters. The molecule has 22 heavy (non-hydrogen) atoms. The number of hydrogen-bond acceptors (Lipinski definition) is 4. The summed E-state index contributed by atoms with van der Waals surface area (Å²) < 4.78 is 27.1. The van der Waals surface area contributed by atoms with E-state index in [0.29, 0.717) is 31.5 Å². The first-order chi connectivity index (χ1) is 10.2. The molecule has 1 saturated heterocycles. The van der Waals surface area contributed by atoms with E-state index in [1.807, 2.05) is 13.8 Å². The van der Waals surface area contributed by atoms with Crippen molar-refractivity contribution in [1.82, 2.24) is 4.31 Å². The highest BCUT2D eigenvalue weighted by Gasteiger charge is 2.38. The summed E-state index contributed by atoms with van der Waals surface area (Å²) in [5.74, 6) is -0.0574. The van der Waals surface area contributed by atoms with E-state index in [9.17, 15) is 13.2 Å². The number of hydrogen-bond donors (Lipinski definition) is 1. The lowest BCUT2D eigenvalue weighted by molar-refractivity contribution is 0.0988. The summed E-state index contributed by atoms with van der Waals surface area (Å²) in [6.07, 6.45) is 0.995. The third-order valence-corrected chi connectivity index (χ3v) is 6.23. The van der Waals surface area contributed by atoms with Crippen LogP contribution in [0.25, 0.3) is 0 Å². The molecule has 0 bridgehead atoms. The van der Waals surface area contributed by atoms with E-state index in [2.05, 4.69) is 0 Å². The van der Waals surface area contributed by atoms with Gasteiger partial charge in [-0.05, 0) is 24.0 Å². The van der Waals surface area contributed by atoms with E-state index in [1.54, 1.807) is 25.1 Å². The Balaban J connectivity index is 2.33. The zero-order valence-corrected chi connectivity index (χ0v) is 14.2. The molecule has 0 aromatic heterocycles. The second-order valence-electron chi connectivity index (χ2n) is 6.53. The number of rotatable bonds is 4. The highest BCUT2D eigenvalue weighted by atomic mass is 32.2. The Kier molecular flexibility index (Phi) is 4.75. The number of nitrogens with two attached hydrogens (primary N) is 1. The Morgan fingerprint density at radius 1 is 1.41 bits per heavy atom. The van der Waals surface area contributed by atoms with Crippen LogP contribution in [0.3, 0.4) is 0 Å². The van der Waals surface area contributed by atoms with Crippen molar-refractivity contribution in [3.05, 3.63) is 29.8 Å². The summed E-state index contributed by atoms with van der Waals surface area (Å²) in [6.45, 7) is 6.53. The monoisotopic (exact) mass is 324 g/mol. The molecule has 0 radical (unpaired) electrons. The first-order valence-electron chi connectivity index (χ1n) is 7.57. The molecule has 1 unspecified atom stereocenters. The molecule has 0 spiro atoms. The first kappa shape index (κ1) is 17.1. The summed E-state index contributed by atoms with van der Waals surface area (Å²) in [6, 6.07) is 6.29. The third kappa shape index (κ3) is 3.24. The van der Waals surface area contributed by atoms with Crippen molar-refractivity contribution in [3.8, 4) is 0 Å². The fourth-order valence-electron chi connectivity index (χ4n) is 2.71. The molecule has 0 saturated carbocycles. The van der Waals surface area contributed by atoms with E-state index >= 15 is 0 Å². The number of carbonyl (C=O) groups is 1. The normalized spacial score (nSPS) is 22.5. The molecule has 0 amide bonds. The quantitative estimate of drug-likeness (QED) is 0.859. The van der Waals surface area contributed by atoms with Crippen LogP contribution in [0, 0.1) is 5.41 Å². The molecule has 5 nitrogen and oxygen atoms in total. The van der Waals surface area contributed by atoms with E-state index in [4.69, 9.17) is 5.73 Å². The average molecular weight is 324 g/mol. The van der Waals surface area contributed by atoms with Gasteiger partial charge in [-0.2, -0.15) is 4.31 Å². The van der Waals surface area contributed by atoms with Crippen LogP contribution in [0.5, 0.6) is 0 Å². The van der Waals surface area contributed by atoms with Gasteiger partial charge in [-0.1, -0.05) is 32.9 Å². The van der Waals surface area contributed by atoms with Crippen LogP contribution in [0.15, 0.2) is 29.2 Å². The molecule has 2 N–H and O–H groups in total. The maximum absolute atomic E-state index is 12.8. The van der Waals surface area contributed by atoms with Crippen LogP contribution in [-0.2, 0) is 10.0 Å². The molecule has 122 valence electrons. The summed E-state index contributed by atoms with van der Waals surface area (Å²) in [4.78, 5) is 12.0. The number of ketones is 1. The lowest BCUT2D eigenvalue weighted by Gasteiger charge is -2.41. The van der Waals surface area contributed by atoms with Crippen molar-refractivity contribution in [3.63, 3.8) is 0 Å². The van der Waals surface area contributed by atoms with E-state index < -0.39 is 10.0 Å². The second kappa shape index (κ2) is 6.10.